The van der Waals surface area contributed by atoms with Crippen molar-refractivity contribution < 1.29 is 14.3 Å². The summed E-state index contributed by atoms with van der Waals surface area (Å²) in [4.78, 5) is 11.3. The first-order valence-electron chi connectivity index (χ1n) is 5.56. The molecule has 3 nitrogen and oxygen atoms in total. The van der Waals surface area contributed by atoms with Gasteiger partial charge in [-0.3, -0.25) is 0 Å². The zero-order chi connectivity index (χ0) is 13.8. The zero-order valence-electron chi connectivity index (χ0n) is 9.81. The summed E-state index contributed by atoms with van der Waals surface area (Å²) in [6.07, 6.45) is 0. The number of hydrogen-bond acceptors (Lipinski definition) is 2. The number of anilines is 1. The number of rotatable bonds is 4. The fraction of sp³-hybridized carbons (Fsp3) is 0.0714. The van der Waals surface area contributed by atoms with Gasteiger partial charge in [0.25, 0.3) is 0 Å². The van der Waals surface area contributed by atoms with Gasteiger partial charge in [0, 0.05) is 10.7 Å². The fourth-order valence-corrected chi connectivity index (χ4v) is 1.78. The van der Waals surface area contributed by atoms with Gasteiger partial charge in [0.15, 0.2) is 6.04 Å². The van der Waals surface area contributed by atoms with Gasteiger partial charge in [0.05, 0.1) is 0 Å². The highest BCUT2D eigenvalue weighted by Crippen LogP contribution is 2.21. The molecule has 98 valence electrons. The van der Waals surface area contributed by atoms with E-state index in [9.17, 15) is 14.3 Å². The van der Waals surface area contributed by atoms with Crippen molar-refractivity contribution in [2.24, 2.45) is 0 Å². The third kappa shape index (κ3) is 3.45. The summed E-state index contributed by atoms with van der Waals surface area (Å²) in [6.45, 7) is 0. The maximum atomic E-state index is 12.8. The number of carboxylic acid groups (broad SMARTS) is 1. The molecule has 2 aromatic carbocycles. The predicted molar refractivity (Wildman–Crippen MR) is 71.9 cm³/mol. The standard InChI is InChI=1S/C14H11ClFNO2/c15-10-3-7-12(8-4-10)17-13(14(18)19)9-1-5-11(16)6-2-9/h1-8,13,17H,(H,18,19). The summed E-state index contributed by atoms with van der Waals surface area (Å²) in [6, 6.07) is 11.1. The molecule has 1 unspecified atom stereocenters. The zero-order valence-corrected chi connectivity index (χ0v) is 10.6. The molecule has 2 aromatic rings. The normalized spacial score (nSPS) is 11.9. The van der Waals surface area contributed by atoms with Crippen molar-refractivity contribution in [3.05, 3.63) is 64.9 Å². The number of nitrogens with one attached hydrogen (secondary N) is 1. The molecule has 2 N–H and O–H groups in total. The summed E-state index contributed by atoms with van der Waals surface area (Å²) < 4.78 is 12.8. The molecule has 5 heteroatoms. The van der Waals surface area contributed by atoms with E-state index in [0.29, 0.717) is 16.3 Å². The molecule has 0 saturated carbocycles. The lowest BCUT2D eigenvalue weighted by molar-refractivity contribution is -0.138. The summed E-state index contributed by atoms with van der Waals surface area (Å²) in [7, 11) is 0. The molecule has 0 fully saturated rings. The molecule has 1 atom stereocenters. The van der Waals surface area contributed by atoms with E-state index in [1.807, 2.05) is 0 Å². The third-order valence-electron chi connectivity index (χ3n) is 2.61. The van der Waals surface area contributed by atoms with E-state index in [-0.39, 0.29) is 0 Å². The van der Waals surface area contributed by atoms with E-state index in [1.54, 1.807) is 24.3 Å². The minimum Gasteiger partial charge on any atom is -0.479 e. The van der Waals surface area contributed by atoms with Crippen LogP contribution in [0.25, 0.3) is 0 Å². The van der Waals surface area contributed by atoms with Crippen molar-refractivity contribution in [1.29, 1.82) is 0 Å². The Balaban J connectivity index is 2.23. The van der Waals surface area contributed by atoms with Gasteiger partial charge >= 0.3 is 5.97 Å². The first kappa shape index (κ1) is 13.4. The van der Waals surface area contributed by atoms with Crippen LogP contribution in [0.2, 0.25) is 5.02 Å². The van der Waals surface area contributed by atoms with Gasteiger partial charge in [-0.15, -0.1) is 0 Å². The number of benzene rings is 2. The molecular formula is C14H11ClFNO2. The number of hydrogen-bond donors (Lipinski definition) is 2. The van der Waals surface area contributed by atoms with Crippen LogP contribution in [0.5, 0.6) is 0 Å². The Hall–Kier alpha value is -2.07. The number of aliphatic carboxylic acids is 1. The Bertz CT molecular complexity index is 569. The van der Waals surface area contributed by atoms with Crippen LogP contribution in [-0.2, 0) is 4.79 Å². The van der Waals surface area contributed by atoms with Gasteiger partial charge in [0.2, 0.25) is 0 Å². The molecule has 0 amide bonds. The second-order valence-electron chi connectivity index (χ2n) is 3.97. The summed E-state index contributed by atoms with van der Waals surface area (Å²) >= 11 is 5.76. The van der Waals surface area contributed by atoms with Crippen LogP contribution >= 0.6 is 11.6 Å². The molecule has 0 bridgehead atoms. The highest BCUT2D eigenvalue weighted by Gasteiger charge is 2.19. The van der Waals surface area contributed by atoms with E-state index in [0.717, 1.165) is 0 Å². The Labute approximate surface area is 114 Å². The molecule has 0 radical (unpaired) electrons. The molecule has 0 aromatic heterocycles. The van der Waals surface area contributed by atoms with Crippen molar-refractivity contribution >= 4 is 23.3 Å². The van der Waals surface area contributed by atoms with Crippen LogP contribution < -0.4 is 5.32 Å². The van der Waals surface area contributed by atoms with Gasteiger partial charge in [-0.2, -0.15) is 0 Å². The fourth-order valence-electron chi connectivity index (χ4n) is 1.66. The molecule has 0 aliphatic heterocycles. The van der Waals surface area contributed by atoms with E-state index in [2.05, 4.69) is 5.32 Å². The molecule has 19 heavy (non-hydrogen) atoms. The highest BCUT2D eigenvalue weighted by atomic mass is 35.5. The topological polar surface area (TPSA) is 49.3 Å². The van der Waals surface area contributed by atoms with Crippen LogP contribution in [0.3, 0.4) is 0 Å². The summed E-state index contributed by atoms with van der Waals surface area (Å²) in [5.41, 5.74) is 1.10. The smallest absolute Gasteiger partial charge is 0.330 e. The van der Waals surface area contributed by atoms with Crippen molar-refractivity contribution in [2.75, 3.05) is 5.32 Å². The summed E-state index contributed by atoms with van der Waals surface area (Å²) in [5.74, 6) is -1.44. The SMILES string of the molecule is O=C(O)C(Nc1ccc(Cl)cc1)c1ccc(F)cc1. The lowest BCUT2D eigenvalue weighted by Gasteiger charge is -2.16. The van der Waals surface area contributed by atoms with Crippen LogP contribution in [0.4, 0.5) is 10.1 Å². The second-order valence-corrected chi connectivity index (χ2v) is 4.41. The molecular weight excluding hydrogens is 269 g/mol. The minimum absolute atomic E-state index is 0.403. The van der Waals surface area contributed by atoms with Crippen LogP contribution in [0.1, 0.15) is 11.6 Å². The van der Waals surface area contributed by atoms with Crippen molar-refractivity contribution in [3.63, 3.8) is 0 Å². The molecule has 0 aliphatic rings. The average Bonchev–Trinajstić information content (AvgIpc) is 2.39. The first-order valence-corrected chi connectivity index (χ1v) is 5.94. The van der Waals surface area contributed by atoms with Gasteiger partial charge < -0.3 is 10.4 Å². The quantitative estimate of drug-likeness (QED) is 0.897. The maximum Gasteiger partial charge on any atom is 0.330 e. The molecule has 0 spiro atoms. The first-order chi connectivity index (χ1) is 9.06. The van der Waals surface area contributed by atoms with Crippen molar-refractivity contribution in [1.82, 2.24) is 0 Å². The molecule has 0 heterocycles. The van der Waals surface area contributed by atoms with E-state index in [4.69, 9.17) is 11.6 Å². The Morgan fingerprint density at radius 3 is 2.21 bits per heavy atom. The number of carboxylic acids is 1. The Kier molecular flexibility index (Phi) is 4.02. The van der Waals surface area contributed by atoms with Crippen LogP contribution in [-0.4, -0.2) is 11.1 Å². The Morgan fingerprint density at radius 2 is 1.68 bits per heavy atom. The van der Waals surface area contributed by atoms with E-state index in [1.165, 1.54) is 24.3 Å². The molecule has 2 rings (SSSR count). The lowest BCUT2D eigenvalue weighted by atomic mass is 10.1. The largest absolute Gasteiger partial charge is 0.479 e. The summed E-state index contributed by atoms with van der Waals surface area (Å²) in [5, 5.41) is 12.7. The van der Waals surface area contributed by atoms with Crippen molar-refractivity contribution in [3.8, 4) is 0 Å². The monoisotopic (exact) mass is 279 g/mol. The van der Waals surface area contributed by atoms with Gasteiger partial charge in [-0.05, 0) is 42.0 Å². The van der Waals surface area contributed by atoms with Gasteiger partial charge in [-0.25, -0.2) is 9.18 Å². The number of halogens is 2. The average molecular weight is 280 g/mol. The second kappa shape index (κ2) is 5.71. The van der Waals surface area contributed by atoms with Crippen LogP contribution in [0, 0.1) is 5.82 Å². The van der Waals surface area contributed by atoms with Crippen molar-refractivity contribution in [2.45, 2.75) is 6.04 Å². The van der Waals surface area contributed by atoms with Gasteiger partial charge in [0.1, 0.15) is 5.82 Å². The maximum absolute atomic E-state index is 12.8. The molecule has 0 aliphatic carbocycles. The minimum atomic E-state index is -1.04. The van der Waals surface area contributed by atoms with Crippen LogP contribution in [0.15, 0.2) is 48.5 Å². The lowest BCUT2D eigenvalue weighted by Crippen LogP contribution is -2.20. The Morgan fingerprint density at radius 1 is 1.11 bits per heavy atom. The van der Waals surface area contributed by atoms with E-state index >= 15 is 0 Å². The molecule has 0 saturated heterocycles. The van der Waals surface area contributed by atoms with E-state index < -0.39 is 17.8 Å². The predicted octanol–water partition coefficient (Wildman–Crippen LogP) is 3.72. The number of carbonyl (C=O) groups is 1. The highest BCUT2D eigenvalue weighted by molar-refractivity contribution is 6.30. The van der Waals surface area contributed by atoms with Gasteiger partial charge in [-0.1, -0.05) is 23.7 Å². The third-order valence-corrected chi connectivity index (χ3v) is 2.86.